The summed E-state index contributed by atoms with van der Waals surface area (Å²) in [7, 11) is 0. The van der Waals surface area contributed by atoms with E-state index in [0.29, 0.717) is 16.8 Å². The lowest BCUT2D eigenvalue weighted by molar-refractivity contribution is 0.0968. The molecule has 0 saturated carbocycles. The van der Waals surface area contributed by atoms with Gasteiger partial charge in [-0.05, 0) is 25.1 Å². The van der Waals surface area contributed by atoms with E-state index in [1.807, 2.05) is 0 Å². The van der Waals surface area contributed by atoms with Crippen molar-refractivity contribution in [3.05, 3.63) is 29.3 Å². The van der Waals surface area contributed by atoms with E-state index in [9.17, 15) is 4.79 Å². The number of carbonyl (C=O) groups is 1. The van der Waals surface area contributed by atoms with Gasteiger partial charge in [-0.25, -0.2) is 0 Å². The summed E-state index contributed by atoms with van der Waals surface area (Å²) in [5.41, 5.74) is 17.5. The molecule has 5 nitrogen and oxygen atoms in total. The minimum atomic E-state index is -0.634. The fraction of sp³-hybridized carbons (Fsp3) is 0.200. The third-order valence-corrected chi connectivity index (χ3v) is 2.01. The molecule has 0 radical (unpaired) electrons. The normalized spacial score (nSPS) is 12.1. The van der Waals surface area contributed by atoms with Crippen molar-refractivity contribution in [2.45, 2.75) is 13.0 Å². The number of nitrogens with two attached hydrogens (primary N) is 3. The molecule has 0 aliphatic heterocycles. The van der Waals surface area contributed by atoms with Crippen LogP contribution < -0.4 is 17.2 Å². The highest BCUT2D eigenvalue weighted by molar-refractivity contribution is 6.10. The van der Waals surface area contributed by atoms with Gasteiger partial charge in [-0.2, -0.15) is 0 Å². The van der Waals surface area contributed by atoms with Crippen LogP contribution in [0.4, 0.5) is 5.69 Å². The summed E-state index contributed by atoms with van der Waals surface area (Å²) in [6, 6.07) is 4.00. The summed E-state index contributed by atoms with van der Waals surface area (Å²) < 4.78 is 0. The molecule has 0 unspecified atom stereocenters. The maximum absolute atomic E-state index is 11.7. The van der Waals surface area contributed by atoms with E-state index >= 15 is 0 Å². The molecule has 7 N–H and O–H groups in total. The average molecular weight is 206 g/mol. The van der Waals surface area contributed by atoms with Gasteiger partial charge >= 0.3 is 0 Å². The third kappa shape index (κ3) is 2.32. The van der Waals surface area contributed by atoms with Gasteiger partial charge in [-0.15, -0.1) is 0 Å². The van der Waals surface area contributed by atoms with Crippen LogP contribution in [0.1, 0.15) is 22.8 Å². The third-order valence-electron chi connectivity index (χ3n) is 2.01. The van der Waals surface area contributed by atoms with Crippen molar-refractivity contribution < 1.29 is 4.79 Å². The molecule has 80 valence electrons. The minimum absolute atomic E-state index is 0.168. The molecule has 0 heterocycles. The van der Waals surface area contributed by atoms with E-state index < -0.39 is 6.04 Å². The van der Waals surface area contributed by atoms with Gasteiger partial charge in [0.15, 0.2) is 5.78 Å². The Morgan fingerprint density at radius 3 is 2.47 bits per heavy atom. The van der Waals surface area contributed by atoms with Crippen LogP contribution in [0.15, 0.2) is 18.2 Å². The van der Waals surface area contributed by atoms with Crippen molar-refractivity contribution in [1.82, 2.24) is 0 Å². The van der Waals surface area contributed by atoms with Gasteiger partial charge < -0.3 is 17.2 Å². The smallest absolute Gasteiger partial charge is 0.180 e. The minimum Gasteiger partial charge on any atom is -0.399 e. The highest BCUT2D eigenvalue weighted by Gasteiger charge is 2.16. The lowest BCUT2D eigenvalue weighted by Gasteiger charge is -2.10. The number of hydrogen-bond donors (Lipinski definition) is 4. The second-order valence-corrected chi connectivity index (χ2v) is 3.37. The van der Waals surface area contributed by atoms with Crippen molar-refractivity contribution in [1.29, 1.82) is 5.41 Å². The standard InChI is InChI=1S/C10H14N4O/c1-5(11)9(15)8-4-6(12)2-3-7(8)10(13)14/h2-5H,11-12H2,1H3,(H3,13,14)/t5-/m0/s1. The number of nitrogens with one attached hydrogen (secondary N) is 1. The SMILES string of the molecule is C[C@H](N)C(=O)c1cc(N)ccc1C(=N)N. The van der Waals surface area contributed by atoms with Crippen molar-refractivity contribution in [3.8, 4) is 0 Å². The highest BCUT2D eigenvalue weighted by Crippen LogP contribution is 2.14. The first-order chi connectivity index (χ1) is 6.93. The zero-order valence-electron chi connectivity index (χ0n) is 8.45. The van der Waals surface area contributed by atoms with Crippen LogP contribution >= 0.6 is 0 Å². The molecule has 0 aliphatic carbocycles. The van der Waals surface area contributed by atoms with E-state index in [1.165, 1.54) is 6.07 Å². The van der Waals surface area contributed by atoms with E-state index in [1.54, 1.807) is 19.1 Å². The monoisotopic (exact) mass is 206 g/mol. The predicted octanol–water partition coefficient (Wildman–Crippen LogP) is 0.0828. The summed E-state index contributed by atoms with van der Waals surface area (Å²) in [6.45, 7) is 1.58. The van der Waals surface area contributed by atoms with Crippen LogP contribution in [-0.2, 0) is 0 Å². The fourth-order valence-electron chi connectivity index (χ4n) is 1.25. The Labute approximate surface area is 87.8 Å². The summed E-state index contributed by atoms with van der Waals surface area (Å²) in [5, 5.41) is 7.32. The molecule has 5 heteroatoms. The van der Waals surface area contributed by atoms with Crippen LogP contribution in [0.3, 0.4) is 0 Å². The molecule has 1 rings (SSSR count). The molecule has 0 bridgehead atoms. The number of amidine groups is 1. The molecular weight excluding hydrogens is 192 g/mol. The van der Waals surface area contributed by atoms with Crippen molar-refractivity contribution in [3.63, 3.8) is 0 Å². The molecule has 0 saturated heterocycles. The summed E-state index contributed by atoms with van der Waals surface area (Å²) in [4.78, 5) is 11.7. The predicted molar refractivity (Wildman–Crippen MR) is 59.9 cm³/mol. The molecule has 1 atom stereocenters. The molecule has 1 aromatic rings. The number of benzene rings is 1. The number of carbonyl (C=O) groups excluding carboxylic acids is 1. The first-order valence-corrected chi connectivity index (χ1v) is 4.47. The Bertz CT molecular complexity index is 412. The first kappa shape index (κ1) is 11.2. The molecule has 0 fully saturated rings. The number of anilines is 1. The highest BCUT2D eigenvalue weighted by atomic mass is 16.1. The Balaban J connectivity index is 3.30. The fourth-order valence-corrected chi connectivity index (χ4v) is 1.25. The lowest BCUT2D eigenvalue weighted by Crippen LogP contribution is -2.29. The van der Waals surface area contributed by atoms with Crippen LogP contribution in [0, 0.1) is 5.41 Å². The van der Waals surface area contributed by atoms with Crippen LogP contribution in [-0.4, -0.2) is 17.7 Å². The average Bonchev–Trinajstić information content (AvgIpc) is 2.15. The van der Waals surface area contributed by atoms with Gasteiger partial charge in [0.2, 0.25) is 0 Å². The molecule has 0 aromatic heterocycles. The van der Waals surface area contributed by atoms with Crippen molar-refractivity contribution in [2.75, 3.05) is 5.73 Å². The van der Waals surface area contributed by atoms with Gasteiger partial charge in [0, 0.05) is 16.8 Å². The number of nitrogen functional groups attached to an aromatic ring is 2. The molecule has 15 heavy (non-hydrogen) atoms. The number of Topliss-reactive ketones (excluding diaryl/α,β-unsaturated/α-hetero) is 1. The van der Waals surface area contributed by atoms with E-state index in [0.717, 1.165) is 0 Å². The second kappa shape index (κ2) is 4.10. The molecular formula is C10H14N4O. The zero-order valence-corrected chi connectivity index (χ0v) is 8.45. The van der Waals surface area contributed by atoms with Crippen LogP contribution in [0.5, 0.6) is 0 Å². The molecule has 0 spiro atoms. The van der Waals surface area contributed by atoms with Gasteiger partial charge in [-0.3, -0.25) is 10.2 Å². The Hall–Kier alpha value is -1.88. The van der Waals surface area contributed by atoms with Gasteiger partial charge in [0.05, 0.1) is 6.04 Å². The number of ketones is 1. The van der Waals surface area contributed by atoms with E-state index in [-0.39, 0.29) is 11.6 Å². The summed E-state index contributed by atoms with van der Waals surface area (Å²) in [6.07, 6.45) is 0. The van der Waals surface area contributed by atoms with Gasteiger partial charge in [0.1, 0.15) is 5.84 Å². The van der Waals surface area contributed by atoms with E-state index in [2.05, 4.69) is 0 Å². The van der Waals surface area contributed by atoms with Gasteiger partial charge in [0.25, 0.3) is 0 Å². The lowest BCUT2D eigenvalue weighted by atomic mass is 9.98. The first-order valence-electron chi connectivity index (χ1n) is 4.47. The molecule has 0 aliphatic rings. The quantitative estimate of drug-likeness (QED) is 0.242. The van der Waals surface area contributed by atoms with Gasteiger partial charge in [-0.1, -0.05) is 0 Å². The Kier molecular flexibility index (Phi) is 3.06. The Morgan fingerprint density at radius 2 is 2.00 bits per heavy atom. The second-order valence-electron chi connectivity index (χ2n) is 3.37. The molecule has 0 amide bonds. The topological polar surface area (TPSA) is 119 Å². The maximum Gasteiger partial charge on any atom is 0.180 e. The number of rotatable bonds is 3. The van der Waals surface area contributed by atoms with Crippen molar-refractivity contribution >= 4 is 17.3 Å². The molecule has 1 aromatic carbocycles. The Morgan fingerprint density at radius 1 is 1.40 bits per heavy atom. The number of hydrogen-bond acceptors (Lipinski definition) is 4. The largest absolute Gasteiger partial charge is 0.399 e. The maximum atomic E-state index is 11.7. The van der Waals surface area contributed by atoms with E-state index in [4.69, 9.17) is 22.6 Å². The van der Waals surface area contributed by atoms with Crippen LogP contribution in [0.25, 0.3) is 0 Å². The summed E-state index contributed by atoms with van der Waals surface area (Å²) in [5.74, 6) is -0.438. The zero-order chi connectivity index (χ0) is 11.6. The summed E-state index contributed by atoms with van der Waals surface area (Å²) >= 11 is 0. The van der Waals surface area contributed by atoms with Crippen molar-refractivity contribution in [2.24, 2.45) is 11.5 Å². The van der Waals surface area contributed by atoms with Crippen LogP contribution in [0.2, 0.25) is 0 Å².